The molecule has 1 saturated heterocycles. The first-order chi connectivity index (χ1) is 17.1. The zero-order chi connectivity index (χ0) is 24.2. The van der Waals surface area contributed by atoms with E-state index < -0.39 is 6.10 Å². The van der Waals surface area contributed by atoms with Crippen LogP contribution >= 0.6 is 0 Å². The zero-order valence-electron chi connectivity index (χ0n) is 19.8. The average Bonchev–Trinajstić information content (AvgIpc) is 3.28. The van der Waals surface area contributed by atoms with Gasteiger partial charge in [-0.1, -0.05) is 60.7 Å². The van der Waals surface area contributed by atoms with E-state index in [9.17, 15) is 9.90 Å². The SMILES string of the molecule is COc1ccc(-c2nc(-c3ccccc3)c(-c3ccccc3)n2CC(=O)N2CCCC(O)C2)cc1. The van der Waals surface area contributed by atoms with Crippen molar-refractivity contribution in [1.82, 2.24) is 14.5 Å². The normalized spacial score (nSPS) is 15.7. The fourth-order valence-corrected chi connectivity index (χ4v) is 4.67. The molecular weight excluding hydrogens is 438 g/mol. The van der Waals surface area contributed by atoms with Gasteiger partial charge in [-0.25, -0.2) is 4.98 Å². The second-order valence-electron chi connectivity index (χ2n) is 8.82. The Labute approximate surface area is 205 Å². The lowest BCUT2D eigenvalue weighted by molar-refractivity contribution is -0.134. The summed E-state index contributed by atoms with van der Waals surface area (Å²) in [6, 6.07) is 27.9. The fourth-order valence-electron chi connectivity index (χ4n) is 4.67. The number of aliphatic hydroxyl groups is 1. The molecule has 4 aromatic rings. The highest BCUT2D eigenvalue weighted by atomic mass is 16.5. The minimum Gasteiger partial charge on any atom is -0.497 e. The minimum absolute atomic E-state index is 0.0206. The number of hydrogen-bond acceptors (Lipinski definition) is 4. The van der Waals surface area contributed by atoms with Crippen LogP contribution in [0.5, 0.6) is 5.75 Å². The van der Waals surface area contributed by atoms with Crippen LogP contribution in [0.15, 0.2) is 84.9 Å². The number of aliphatic hydroxyl groups excluding tert-OH is 1. The molecule has 0 bridgehead atoms. The summed E-state index contributed by atoms with van der Waals surface area (Å²) in [6.45, 7) is 1.17. The number of β-amino-alcohol motifs (C(OH)–C–C–N with tert-alkyl or cyclic N) is 1. The largest absolute Gasteiger partial charge is 0.497 e. The lowest BCUT2D eigenvalue weighted by atomic mass is 10.0. The third kappa shape index (κ3) is 4.84. The highest BCUT2D eigenvalue weighted by molar-refractivity contribution is 5.85. The van der Waals surface area contributed by atoms with Crippen molar-refractivity contribution in [2.45, 2.75) is 25.5 Å². The predicted octanol–water partition coefficient (Wildman–Crippen LogP) is 4.88. The highest BCUT2D eigenvalue weighted by Gasteiger charge is 2.26. The van der Waals surface area contributed by atoms with E-state index in [2.05, 4.69) is 0 Å². The van der Waals surface area contributed by atoms with Crippen LogP contribution < -0.4 is 4.74 Å². The quantitative estimate of drug-likeness (QED) is 0.439. The molecule has 6 heteroatoms. The lowest BCUT2D eigenvalue weighted by Gasteiger charge is -2.30. The molecule has 1 aliphatic rings. The van der Waals surface area contributed by atoms with Gasteiger partial charge in [0, 0.05) is 29.8 Å². The second-order valence-corrected chi connectivity index (χ2v) is 8.82. The number of carbonyl (C=O) groups excluding carboxylic acids is 1. The molecule has 1 unspecified atom stereocenters. The number of likely N-dealkylation sites (tertiary alicyclic amines) is 1. The molecule has 2 heterocycles. The summed E-state index contributed by atoms with van der Waals surface area (Å²) in [5, 5.41) is 10.1. The first kappa shape index (κ1) is 22.9. The van der Waals surface area contributed by atoms with Gasteiger partial charge in [-0.15, -0.1) is 0 Å². The number of ether oxygens (including phenoxy) is 1. The van der Waals surface area contributed by atoms with Crippen LogP contribution in [-0.4, -0.2) is 51.8 Å². The number of methoxy groups -OCH3 is 1. The van der Waals surface area contributed by atoms with Gasteiger partial charge >= 0.3 is 0 Å². The molecule has 0 spiro atoms. The Bertz CT molecular complexity index is 1280. The average molecular weight is 468 g/mol. The molecule has 1 atom stereocenters. The Kier molecular flexibility index (Phi) is 6.64. The van der Waals surface area contributed by atoms with Crippen LogP contribution in [0.2, 0.25) is 0 Å². The number of piperidine rings is 1. The van der Waals surface area contributed by atoms with E-state index in [1.165, 1.54) is 0 Å². The van der Waals surface area contributed by atoms with Gasteiger partial charge in [0.25, 0.3) is 0 Å². The number of aromatic nitrogens is 2. The standard InChI is InChI=1S/C29H29N3O3/c1-35-25-16-14-23(15-17-25)29-30-27(21-9-4-2-5-10-21)28(22-11-6-3-7-12-22)32(29)20-26(34)31-18-8-13-24(33)19-31/h2-7,9-12,14-17,24,33H,8,13,18-20H2,1H3. The molecule has 0 aliphatic carbocycles. The topological polar surface area (TPSA) is 67.6 Å². The smallest absolute Gasteiger partial charge is 0.242 e. The lowest BCUT2D eigenvalue weighted by Crippen LogP contribution is -2.43. The Morgan fingerprint density at radius 2 is 1.60 bits per heavy atom. The number of amides is 1. The van der Waals surface area contributed by atoms with Crippen LogP contribution in [0.1, 0.15) is 12.8 Å². The van der Waals surface area contributed by atoms with Gasteiger partial charge in [0.2, 0.25) is 5.91 Å². The summed E-state index contributed by atoms with van der Waals surface area (Å²) < 4.78 is 7.36. The maximum atomic E-state index is 13.5. The number of carbonyl (C=O) groups is 1. The first-order valence-electron chi connectivity index (χ1n) is 12.0. The van der Waals surface area contributed by atoms with E-state index in [1.807, 2.05) is 89.5 Å². The van der Waals surface area contributed by atoms with Crippen LogP contribution in [0.3, 0.4) is 0 Å². The fraction of sp³-hybridized carbons (Fsp3) is 0.241. The summed E-state index contributed by atoms with van der Waals surface area (Å²) >= 11 is 0. The summed E-state index contributed by atoms with van der Waals surface area (Å²) in [4.78, 5) is 20.3. The van der Waals surface area contributed by atoms with E-state index in [-0.39, 0.29) is 12.5 Å². The maximum Gasteiger partial charge on any atom is 0.242 e. The molecule has 6 nitrogen and oxygen atoms in total. The van der Waals surface area contributed by atoms with Crippen LogP contribution in [-0.2, 0) is 11.3 Å². The molecule has 178 valence electrons. The monoisotopic (exact) mass is 467 g/mol. The molecular formula is C29H29N3O3. The number of rotatable bonds is 6. The summed E-state index contributed by atoms with van der Waals surface area (Å²) in [5.41, 5.74) is 4.60. The van der Waals surface area contributed by atoms with Gasteiger partial charge in [-0.05, 0) is 37.1 Å². The number of benzene rings is 3. The van der Waals surface area contributed by atoms with Crippen molar-refractivity contribution in [2.24, 2.45) is 0 Å². The summed E-state index contributed by atoms with van der Waals surface area (Å²) in [6.07, 6.45) is 1.08. The number of hydrogen-bond donors (Lipinski definition) is 1. The van der Waals surface area contributed by atoms with Gasteiger partial charge in [0.15, 0.2) is 0 Å². The van der Waals surface area contributed by atoms with Crippen LogP contribution in [0.4, 0.5) is 0 Å². The molecule has 35 heavy (non-hydrogen) atoms. The van der Waals surface area contributed by atoms with E-state index in [0.29, 0.717) is 13.1 Å². The van der Waals surface area contributed by atoms with E-state index in [0.717, 1.165) is 52.5 Å². The van der Waals surface area contributed by atoms with Crippen molar-refractivity contribution in [1.29, 1.82) is 0 Å². The zero-order valence-corrected chi connectivity index (χ0v) is 19.8. The second kappa shape index (κ2) is 10.2. The van der Waals surface area contributed by atoms with Crippen LogP contribution in [0, 0.1) is 0 Å². The summed E-state index contributed by atoms with van der Waals surface area (Å²) in [7, 11) is 1.64. The summed E-state index contributed by atoms with van der Waals surface area (Å²) in [5.74, 6) is 1.46. The number of nitrogens with zero attached hydrogens (tertiary/aromatic N) is 3. The van der Waals surface area contributed by atoms with Gasteiger partial charge in [-0.2, -0.15) is 0 Å². The minimum atomic E-state index is -0.468. The molecule has 1 amide bonds. The van der Waals surface area contributed by atoms with Crippen molar-refractivity contribution >= 4 is 5.91 Å². The Hall–Kier alpha value is -3.90. The molecule has 3 aromatic carbocycles. The Balaban J connectivity index is 1.68. The van der Waals surface area contributed by atoms with E-state index >= 15 is 0 Å². The van der Waals surface area contributed by atoms with Crippen LogP contribution in [0.25, 0.3) is 33.9 Å². The molecule has 0 radical (unpaired) electrons. The van der Waals surface area contributed by atoms with Crippen molar-refractivity contribution in [3.63, 3.8) is 0 Å². The molecule has 5 rings (SSSR count). The molecule has 1 fully saturated rings. The first-order valence-corrected chi connectivity index (χ1v) is 12.0. The van der Waals surface area contributed by atoms with Crippen molar-refractivity contribution in [2.75, 3.05) is 20.2 Å². The van der Waals surface area contributed by atoms with Crippen molar-refractivity contribution < 1.29 is 14.6 Å². The third-order valence-corrected chi connectivity index (χ3v) is 6.45. The Morgan fingerprint density at radius 1 is 0.943 bits per heavy atom. The predicted molar refractivity (Wildman–Crippen MR) is 137 cm³/mol. The molecule has 1 N–H and O–H groups in total. The third-order valence-electron chi connectivity index (χ3n) is 6.45. The van der Waals surface area contributed by atoms with Gasteiger partial charge < -0.3 is 19.3 Å². The number of imidazole rings is 1. The van der Waals surface area contributed by atoms with Gasteiger partial charge in [-0.3, -0.25) is 4.79 Å². The molecule has 0 saturated carbocycles. The molecule has 1 aromatic heterocycles. The maximum absolute atomic E-state index is 13.5. The molecule has 1 aliphatic heterocycles. The van der Waals surface area contributed by atoms with Gasteiger partial charge in [0.05, 0.1) is 24.6 Å². The van der Waals surface area contributed by atoms with E-state index in [1.54, 1.807) is 12.0 Å². The van der Waals surface area contributed by atoms with E-state index in [4.69, 9.17) is 9.72 Å². The highest BCUT2D eigenvalue weighted by Crippen LogP contribution is 2.36. The van der Waals surface area contributed by atoms with Crippen molar-refractivity contribution in [3.05, 3.63) is 84.9 Å². The Morgan fingerprint density at radius 3 is 2.23 bits per heavy atom. The van der Waals surface area contributed by atoms with Gasteiger partial charge in [0.1, 0.15) is 18.1 Å². The van der Waals surface area contributed by atoms with Crippen molar-refractivity contribution in [3.8, 4) is 39.7 Å².